The summed E-state index contributed by atoms with van der Waals surface area (Å²) in [6.07, 6.45) is 3.70. The summed E-state index contributed by atoms with van der Waals surface area (Å²) in [6.45, 7) is 3.61. The number of anilines is 2. The maximum atomic E-state index is 13.0. The van der Waals surface area contributed by atoms with E-state index < -0.39 is 12.3 Å². The molecule has 0 bridgehead atoms. The highest BCUT2D eigenvalue weighted by molar-refractivity contribution is 6.33. The molecular weight excluding hydrogens is 456 g/mol. The average molecular weight is 483 g/mol. The zero-order chi connectivity index (χ0) is 24.6. The van der Waals surface area contributed by atoms with Crippen LogP contribution in [0, 0.1) is 0 Å². The van der Waals surface area contributed by atoms with Gasteiger partial charge in [0.1, 0.15) is 12.0 Å². The number of benzene rings is 1. The van der Waals surface area contributed by atoms with Gasteiger partial charge in [-0.25, -0.2) is 14.3 Å². The van der Waals surface area contributed by atoms with Gasteiger partial charge in [-0.15, -0.1) is 0 Å². The lowest BCUT2D eigenvalue weighted by atomic mass is 10.1. The Bertz CT molecular complexity index is 1340. The number of aliphatic hydroxyl groups excluding tert-OH is 1. The van der Waals surface area contributed by atoms with Crippen molar-refractivity contribution in [2.45, 2.75) is 26.2 Å². The van der Waals surface area contributed by atoms with Gasteiger partial charge in [0.2, 0.25) is 0 Å². The van der Waals surface area contributed by atoms with Crippen LogP contribution in [0.5, 0.6) is 0 Å². The molecule has 0 spiro atoms. The topological polar surface area (TPSA) is 97.4 Å². The van der Waals surface area contributed by atoms with Gasteiger partial charge < -0.3 is 15.2 Å². The van der Waals surface area contributed by atoms with Gasteiger partial charge in [0.05, 0.1) is 34.2 Å². The van der Waals surface area contributed by atoms with E-state index in [1.807, 2.05) is 19.3 Å². The molecule has 0 fully saturated rings. The first kappa shape index (κ1) is 23.7. The Morgan fingerprint density at radius 1 is 1.21 bits per heavy atom. The third-order valence-corrected chi connectivity index (χ3v) is 5.56. The number of carbonyl (C=O) groups excluding carboxylic acids is 1. The molecule has 4 rings (SSSR count). The first-order chi connectivity index (χ1) is 16.1. The fourth-order valence-electron chi connectivity index (χ4n) is 3.62. The highest BCUT2D eigenvalue weighted by Crippen LogP contribution is 2.32. The van der Waals surface area contributed by atoms with E-state index in [2.05, 4.69) is 15.4 Å². The first-order valence-corrected chi connectivity index (χ1v) is 11.1. The quantitative estimate of drug-likeness (QED) is 0.382. The van der Waals surface area contributed by atoms with Gasteiger partial charge in [0.15, 0.2) is 0 Å². The molecule has 0 saturated carbocycles. The molecule has 0 saturated heterocycles. The highest BCUT2D eigenvalue weighted by atomic mass is 35.5. The molecule has 2 N–H and O–H groups in total. The standard InChI is InChI=1S/C24H27ClN6O3/c1-14(2)34-24(33)31-20(17-12-27-30(5)13-17)9-16-11-26-22(10-21(16)31)28-19-7-6-15(8-18(19)25)23(32)29(3)4/h6-14,23,32H,1-5H3,(H,26,28). The van der Waals surface area contributed by atoms with Gasteiger partial charge in [-0.3, -0.25) is 9.58 Å². The summed E-state index contributed by atoms with van der Waals surface area (Å²) in [6, 6.07) is 8.94. The van der Waals surface area contributed by atoms with Crippen LogP contribution in [0.25, 0.3) is 22.2 Å². The van der Waals surface area contributed by atoms with Crippen LogP contribution < -0.4 is 5.32 Å². The van der Waals surface area contributed by atoms with Crippen molar-refractivity contribution in [3.63, 3.8) is 0 Å². The van der Waals surface area contributed by atoms with Gasteiger partial charge in [-0.2, -0.15) is 5.10 Å². The monoisotopic (exact) mass is 482 g/mol. The van der Waals surface area contributed by atoms with Crippen LogP contribution in [0.2, 0.25) is 5.02 Å². The minimum atomic E-state index is -0.762. The van der Waals surface area contributed by atoms with Crippen LogP contribution in [-0.2, 0) is 11.8 Å². The molecule has 0 aliphatic carbocycles. The van der Waals surface area contributed by atoms with Crippen molar-refractivity contribution in [1.82, 2.24) is 24.2 Å². The molecule has 9 nitrogen and oxygen atoms in total. The van der Waals surface area contributed by atoms with Crippen molar-refractivity contribution in [3.8, 4) is 11.3 Å². The Balaban J connectivity index is 1.74. The summed E-state index contributed by atoms with van der Waals surface area (Å²) in [5, 5.41) is 18.9. The third kappa shape index (κ3) is 4.77. The lowest BCUT2D eigenvalue weighted by Crippen LogP contribution is -2.19. The van der Waals surface area contributed by atoms with E-state index in [1.54, 1.807) is 74.2 Å². The Morgan fingerprint density at radius 2 is 1.97 bits per heavy atom. The van der Waals surface area contributed by atoms with Crippen molar-refractivity contribution in [2.24, 2.45) is 7.05 Å². The first-order valence-electron chi connectivity index (χ1n) is 10.8. The average Bonchev–Trinajstić information content (AvgIpc) is 3.37. The summed E-state index contributed by atoms with van der Waals surface area (Å²) < 4.78 is 8.71. The van der Waals surface area contributed by atoms with Gasteiger partial charge in [-0.1, -0.05) is 17.7 Å². The fourth-order valence-corrected chi connectivity index (χ4v) is 3.85. The number of halogens is 1. The van der Waals surface area contributed by atoms with E-state index >= 15 is 0 Å². The number of aromatic nitrogens is 4. The van der Waals surface area contributed by atoms with Crippen LogP contribution in [0.3, 0.4) is 0 Å². The van der Waals surface area contributed by atoms with E-state index in [0.29, 0.717) is 33.3 Å². The molecule has 1 aromatic carbocycles. The number of rotatable bonds is 6. The highest BCUT2D eigenvalue weighted by Gasteiger charge is 2.21. The minimum absolute atomic E-state index is 0.277. The van der Waals surface area contributed by atoms with Crippen LogP contribution in [0.4, 0.5) is 16.3 Å². The Kier molecular flexibility index (Phi) is 6.60. The zero-order valence-corrected chi connectivity index (χ0v) is 20.4. The van der Waals surface area contributed by atoms with E-state index in [1.165, 1.54) is 4.57 Å². The van der Waals surface area contributed by atoms with E-state index in [-0.39, 0.29) is 6.10 Å². The molecule has 3 aromatic heterocycles. The van der Waals surface area contributed by atoms with E-state index in [4.69, 9.17) is 16.3 Å². The van der Waals surface area contributed by atoms with Crippen molar-refractivity contribution < 1.29 is 14.6 Å². The van der Waals surface area contributed by atoms with E-state index in [0.717, 1.165) is 10.9 Å². The fraction of sp³-hybridized carbons (Fsp3) is 0.292. The second kappa shape index (κ2) is 9.46. The molecule has 3 heterocycles. The summed E-state index contributed by atoms with van der Waals surface area (Å²) in [5.41, 5.74) is 3.38. The number of aliphatic hydroxyl groups is 1. The molecule has 0 aliphatic heterocycles. The molecule has 178 valence electrons. The van der Waals surface area contributed by atoms with Gasteiger partial charge >= 0.3 is 6.09 Å². The molecule has 0 radical (unpaired) electrons. The number of nitrogens with one attached hydrogen (secondary N) is 1. The van der Waals surface area contributed by atoms with E-state index in [9.17, 15) is 9.90 Å². The number of aryl methyl sites for hydroxylation is 1. The minimum Gasteiger partial charge on any atom is -0.446 e. The normalized spacial score (nSPS) is 12.5. The summed E-state index contributed by atoms with van der Waals surface area (Å²) in [7, 11) is 5.38. The molecule has 34 heavy (non-hydrogen) atoms. The molecule has 0 aliphatic rings. The van der Waals surface area contributed by atoms with Crippen LogP contribution in [-0.4, -0.2) is 55.6 Å². The lowest BCUT2D eigenvalue weighted by Gasteiger charge is -2.19. The number of pyridine rings is 1. The predicted octanol–water partition coefficient (Wildman–Crippen LogP) is 4.78. The van der Waals surface area contributed by atoms with Crippen LogP contribution >= 0.6 is 11.6 Å². The number of hydrogen-bond acceptors (Lipinski definition) is 7. The maximum Gasteiger partial charge on any atom is 0.419 e. The molecule has 10 heteroatoms. The van der Waals surface area contributed by atoms with Gasteiger partial charge in [-0.05, 0) is 51.7 Å². The molecule has 1 unspecified atom stereocenters. The van der Waals surface area contributed by atoms with Gasteiger partial charge in [0.25, 0.3) is 0 Å². The predicted molar refractivity (Wildman–Crippen MR) is 132 cm³/mol. The third-order valence-electron chi connectivity index (χ3n) is 5.25. The number of carbonyl (C=O) groups is 1. The molecule has 1 atom stereocenters. The van der Waals surface area contributed by atoms with Crippen molar-refractivity contribution >= 4 is 40.1 Å². The summed E-state index contributed by atoms with van der Waals surface area (Å²) in [5.74, 6) is 0.504. The van der Waals surface area contributed by atoms with Crippen molar-refractivity contribution in [1.29, 1.82) is 0 Å². The maximum absolute atomic E-state index is 13.0. The second-order valence-corrected chi connectivity index (χ2v) is 8.94. The van der Waals surface area contributed by atoms with Crippen LogP contribution in [0.15, 0.2) is 48.9 Å². The largest absolute Gasteiger partial charge is 0.446 e. The Hall–Kier alpha value is -3.40. The zero-order valence-electron chi connectivity index (χ0n) is 19.7. The Morgan fingerprint density at radius 3 is 2.59 bits per heavy atom. The van der Waals surface area contributed by atoms with Gasteiger partial charge in [0, 0.05) is 36.5 Å². The number of ether oxygens (including phenoxy) is 1. The number of nitrogens with zero attached hydrogens (tertiary/aromatic N) is 5. The number of fused-ring (bicyclic) bond motifs is 1. The lowest BCUT2D eigenvalue weighted by molar-refractivity contribution is 0.0395. The smallest absolute Gasteiger partial charge is 0.419 e. The van der Waals surface area contributed by atoms with Crippen molar-refractivity contribution in [3.05, 3.63) is 59.5 Å². The Labute approximate surface area is 202 Å². The molecule has 4 aromatic rings. The summed E-state index contributed by atoms with van der Waals surface area (Å²) in [4.78, 5) is 19.2. The van der Waals surface area contributed by atoms with Crippen LogP contribution in [0.1, 0.15) is 25.6 Å². The second-order valence-electron chi connectivity index (χ2n) is 8.53. The SMILES string of the molecule is CC(C)OC(=O)n1c(-c2cnn(C)c2)cc2cnc(Nc3ccc(C(O)N(C)C)cc3Cl)cc21. The van der Waals surface area contributed by atoms with Crippen molar-refractivity contribution in [2.75, 3.05) is 19.4 Å². The molecular formula is C24H27ClN6O3. The summed E-state index contributed by atoms with van der Waals surface area (Å²) >= 11 is 6.46. The molecule has 0 amide bonds. The number of hydrogen-bond donors (Lipinski definition) is 2.